The van der Waals surface area contributed by atoms with E-state index in [1.165, 1.54) is 12.0 Å². The Labute approximate surface area is 131 Å². The summed E-state index contributed by atoms with van der Waals surface area (Å²) >= 11 is 0. The first-order chi connectivity index (χ1) is 10.8. The average Bonchev–Trinajstić information content (AvgIpc) is 2.98. The third-order valence-electron chi connectivity index (χ3n) is 4.20. The van der Waals surface area contributed by atoms with Crippen molar-refractivity contribution in [2.24, 2.45) is 0 Å². The van der Waals surface area contributed by atoms with Crippen LogP contribution in [0.25, 0.3) is 0 Å². The van der Waals surface area contributed by atoms with Crippen LogP contribution in [0.5, 0.6) is 11.5 Å². The highest BCUT2D eigenvalue weighted by Gasteiger charge is 2.23. The van der Waals surface area contributed by atoms with Gasteiger partial charge in [-0.05, 0) is 55.6 Å². The summed E-state index contributed by atoms with van der Waals surface area (Å²) in [6.07, 6.45) is 5.71. The maximum absolute atomic E-state index is 9.41. The molecule has 0 saturated carbocycles. The average molecular weight is 298 g/mol. The van der Waals surface area contributed by atoms with Crippen molar-refractivity contribution < 1.29 is 9.84 Å². The number of hydrogen-bond acceptors (Lipinski definition) is 4. The molecular formula is C18H22N2O2. The second kappa shape index (κ2) is 6.90. The molecule has 4 nitrogen and oxygen atoms in total. The Kier molecular flexibility index (Phi) is 4.71. The highest BCUT2D eigenvalue weighted by atomic mass is 16.5. The second-order valence-electron chi connectivity index (χ2n) is 5.84. The van der Waals surface area contributed by atoms with Gasteiger partial charge in [0.2, 0.25) is 0 Å². The molecule has 1 N–H and O–H groups in total. The molecule has 1 aromatic carbocycles. The van der Waals surface area contributed by atoms with Gasteiger partial charge < -0.3 is 9.84 Å². The predicted molar refractivity (Wildman–Crippen MR) is 86.0 cm³/mol. The Balaban J connectivity index is 1.69. The molecule has 0 spiro atoms. The van der Waals surface area contributed by atoms with E-state index in [1.54, 1.807) is 12.4 Å². The number of nitrogens with zero attached hydrogens (tertiary/aromatic N) is 2. The third-order valence-corrected chi connectivity index (χ3v) is 4.20. The van der Waals surface area contributed by atoms with Crippen LogP contribution in [-0.2, 0) is 6.54 Å². The van der Waals surface area contributed by atoms with E-state index in [1.807, 2.05) is 18.2 Å². The van der Waals surface area contributed by atoms with Gasteiger partial charge in [0.25, 0.3) is 0 Å². The fourth-order valence-corrected chi connectivity index (χ4v) is 3.00. The topological polar surface area (TPSA) is 45.6 Å². The Morgan fingerprint density at radius 3 is 3.00 bits per heavy atom. The lowest BCUT2D eigenvalue weighted by Gasteiger charge is -2.23. The molecule has 2 aromatic rings. The number of pyridine rings is 1. The van der Waals surface area contributed by atoms with E-state index >= 15 is 0 Å². The number of likely N-dealkylation sites (tertiary alicyclic amines) is 1. The number of aryl methyl sites for hydroxylation is 1. The zero-order chi connectivity index (χ0) is 15.4. The standard InChI is InChI=1S/C18H22N2O2/c1-14-10-15(12-20-9-3-4-16(20)13-21)6-7-18(14)22-17-5-2-8-19-11-17/h2,5-8,10-11,16,21H,3-4,9,12-13H2,1H3/t16-/m1/s1. The molecule has 1 saturated heterocycles. The first-order valence-corrected chi connectivity index (χ1v) is 7.78. The van der Waals surface area contributed by atoms with Crippen molar-refractivity contribution in [3.05, 3.63) is 53.9 Å². The van der Waals surface area contributed by atoms with Gasteiger partial charge in [0, 0.05) is 18.8 Å². The highest BCUT2D eigenvalue weighted by Crippen LogP contribution is 2.27. The first-order valence-electron chi connectivity index (χ1n) is 7.78. The van der Waals surface area contributed by atoms with Crippen LogP contribution < -0.4 is 4.74 Å². The van der Waals surface area contributed by atoms with Crippen molar-refractivity contribution >= 4 is 0 Å². The molecule has 0 radical (unpaired) electrons. The van der Waals surface area contributed by atoms with Gasteiger partial charge >= 0.3 is 0 Å². The van der Waals surface area contributed by atoms with Crippen molar-refractivity contribution in [2.45, 2.75) is 32.4 Å². The monoisotopic (exact) mass is 298 g/mol. The molecule has 0 aliphatic carbocycles. The summed E-state index contributed by atoms with van der Waals surface area (Å²) in [4.78, 5) is 6.42. The van der Waals surface area contributed by atoms with Crippen molar-refractivity contribution in [3.63, 3.8) is 0 Å². The van der Waals surface area contributed by atoms with Gasteiger partial charge in [0.15, 0.2) is 0 Å². The number of aromatic nitrogens is 1. The zero-order valence-electron chi connectivity index (χ0n) is 12.9. The maximum atomic E-state index is 9.41. The minimum absolute atomic E-state index is 0.251. The van der Waals surface area contributed by atoms with Crippen molar-refractivity contribution in [1.82, 2.24) is 9.88 Å². The van der Waals surface area contributed by atoms with Crippen molar-refractivity contribution in [1.29, 1.82) is 0 Å². The molecular weight excluding hydrogens is 276 g/mol. The molecule has 3 rings (SSSR count). The summed E-state index contributed by atoms with van der Waals surface area (Å²) in [5, 5.41) is 9.41. The molecule has 0 amide bonds. The third kappa shape index (κ3) is 3.46. The molecule has 116 valence electrons. The van der Waals surface area contributed by atoms with E-state index in [4.69, 9.17) is 4.74 Å². The summed E-state index contributed by atoms with van der Waals surface area (Å²) in [6.45, 7) is 4.27. The smallest absolute Gasteiger partial charge is 0.145 e. The van der Waals surface area contributed by atoms with Gasteiger partial charge in [-0.2, -0.15) is 0 Å². The van der Waals surface area contributed by atoms with Crippen LogP contribution in [-0.4, -0.2) is 34.2 Å². The first kappa shape index (κ1) is 15.0. The lowest BCUT2D eigenvalue weighted by atomic mass is 10.1. The molecule has 1 atom stereocenters. The van der Waals surface area contributed by atoms with Gasteiger partial charge in [0.05, 0.1) is 12.8 Å². The largest absolute Gasteiger partial charge is 0.455 e. The number of hydrogen-bond donors (Lipinski definition) is 1. The Hall–Kier alpha value is -1.91. The molecule has 1 aliphatic rings. The van der Waals surface area contributed by atoms with Crippen LogP contribution in [0.3, 0.4) is 0 Å². The molecule has 0 bridgehead atoms. The Morgan fingerprint density at radius 2 is 2.27 bits per heavy atom. The molecule has 4 heteroatoms. The number of aliphatic hydroxyl groups is 1. The second-order valence-corrected chi connectivity index (χ2v) is 5.84. The van der Waals surface area contributed by atoms with E-state index in [-0.39, 0.29) is 6.61 Å². The molecule has 2 heterocycles. The maximum Gasteiger partial charge on any atom is 0.145 e. The zero-order valence-corrected chi connectivity index (χ0v) is 12.9. The minimum atomic E-state index is 0.251. The lowest BCUT2D eigenvalue weighted by Crippen LogP contribution is -2.31. The summed E-state index contributed by atoms with van der Waals surface area (Å²) in [5.74, 6) is 1.61. The highest BCUT2D eigenvalue weighted by molar-refractivity contribution is 5.39. The van der Waals surface area contributed by atoms with Crippen LogP contribution in [0.15, 0.2) is 42.7 Å². The fourth-order valence-electron chi connectivity index (χ4n) is 3.00. The van der Waals surface area contributed by atoms with E-state index in [2.05, 4.69) is 28.9 Å². The molecule has 1 fully saturated rings. The Morgan fingerprint density at radius 1 is 1.36 bits per heavy atom. The number of rotatable bonds is 5. The van der Waals surface area contributed by atoms with E-state index in [0.29, 0.717) is 6.04 Å². The number of aliphatic hydroxyl groups excluding tert-OH is 1. The SMILES string of the molecule is Cc1cc(CN2CCC[C@@H]2CO)ccc1Oc1cccnc1. The quantitative estimate of drug-likeness (QED) is 0.921. The molecule has 1 aromatic heterocycles. The summed E-state index contributed by atoms with van der Waals surface area (Å²) in [6, 6.07) is 10.4. The Bertz CT molecular complexity index is 616. The van der Waals surface area contributed by atoms with Gasteiger partial charge in [0.1, 0.15) is 11.5 Å². The van der Waals surface area contributed by atoms with Crippen LogP contribution in [0.1, 0.15) is 24.0 Å². The van der Waals surface area contributed by atoms with Gasteiger partial charge in [-0.15, -0.1) is 0 Å². The summed E-state index contributed by atoms with van der Waals surface area (Å²) < 4.78 is 5.86. The summed E-state index contributed by atoms with van der Waals surface area (Å²) in [7, 11) is 0. The summed E-state index contributed by atoms with van der Waals surface area (Å²) in [5.41, 5.74) is 2.37. The lowest BCUT2D eigenvalue weighted by molar-refractivity contribution is 0.153. The predicted octanol–water partition coefficient (Wildman–Crippen LogP) is 3.14. The number of benzene rings is 1. The fraction of sp³-hybridized carbons (Fsp3) is 0.389. The van der Waals surface area contributed by atoms with Crippen molar-refractivity contribution in [3.8, 4) is 11.5 Å². The molecule has 1 aliphatic heterocycles. The van der Waals surface area contributed by atoms with Crippen LogP contribution in [0.2, 0.25) is 0 Å². The van der Waals surface area contributed by atoms with E-state index < -0.39 is 0 Å². The number of ether oxygens (including phenoxy) is 1. The van der Waals surface area contributed by atoms with Crippen molar-refractivity contribution in [2.75, 3.05) is 13.2 Å². The molecule has 22 heavy (non-hydrogen) atoms. The van der Waals surface area contributed by atoms with Crippen LogP contribution >= 0.6 is 0 Å². The normalized spacial score (nSPS) is 18.5. The van der Waals surface area contributed by atoms with Gasteiger partial charge in [-0.25, -0.2) is 0 Å². The van der Waals surface area contributed by atoms with Crippen LogP contribution in [0.4, 0.5) is 0 Å². The van der Waals surface area contributed by atoms with Crippen LogP contribution in [0, 0.1) is 6.92 Å². The van der Waals surface area contributed by atoms with E-state index in [0.717, 1.165) is 36.6 Å². The molecule has 0 unspecified atom stereocenters. The van der Waals surface area contributed by atoms with E-state index in [9.17, 15) is 5.11 Å². The van der Waals surface area contributed by atoms with Gasteiger partial charge in [-0.3, -0.25) is 9.88 Å². The van der Waals surface area contributed by atoms with Gasteiger partial charge in [-0.1, -0.05) is 12.1 Å². The minimum Gasteiger partial charge on any atom is -0.455 e.